The van der Waals surface area contributed by atoms with Gasteiger partial charge in [0.05, 0.1) is 5.69 Å². The number of carbonyl (C=O) groups excluding carboxylic acids is 1. The molecule has 2 aromatic rings. The molecule has 106 valence electrons. The Morgan fingerprint density at radius 1 is 1.25 bits per heavy atom. The Kier molecular flexibility index (Phi) is 4.84. The van der Waals surface area contributed by atoms with Crippen LogP contribution < -0.4 is 5.32 Å². The summed E-state index contributed by atoms with van der Waals surface area (Å²) in [6, 6.07) is 7.96. The third-order valence-electron chi connectivity index (χ3n) is 3.13. The van der Waals surface area contributed by atoms with Gasteiger partial charge >= 0.3 is 0 Å². The van der Waals surface area contributed by atoms with Crippen molar-refractivity contribution in [2.24, 2.45) is 0 Å². The van der Waals surface area contributed by atoms with Crippen molar-refractivity contribution in [2.75, 3.05) is 0 Å². The minimum atomic E-state index is -1.04. The van der Waals surface area contributed by atoms with Crippen LogP contribution in [0.5, 0.6) is 0 Å². The number of hydrogen-bond donors (Lipinski definition) is 1. The van der Waals surface area contributed by atoms with Gasteiger partial charge in [0.15, 0.2) is 4.84 Å². The molecule has 3 nitrogen and oxygen atoms in total. The highest BCUT2D eigenvalue weighted by Gasteiger charge is 2.12. The molecule has 0 aliphatic carbocycles. The first-order chi connectivity index (χ1) is 9.50. The minimum Gasteiger partial charge on any atom is -0.350 e. The van der Waals surface area contributed by atoms with Crippen molar-refractivity contribution in [3.8, 4) is 0 Å². The van der Waals surface area contributed by atoms with E-state index in [1.54, 1.807) is 6.20 Å². The van der Waals surface area contributed by atoms with Gasteiger partial charge in [0.1, 0.15) is 0 Å². The van der Waals surface area contributed by atoms with Crippen LogP contribution in [0.1, 0.15) is 31.0 Å². The van der Waals surface area contributed by atoms with Crippen LogP contribution in [0.3, 0.4) is 0 Å². The molecule has 5 heteroatoms. The number of pyridine rings is 1. The SMILES string of the molecule is CC(C)c1nccc2c(CNC(=O)C(Cl)Cl)cccc12. The summed E-state index contributed by atoms with van der Waals surface area (Å²) in [7, 11) is 0. The molecule has 1 aromatic heterocycles. The molecular formula is C15H16Cl2N2O. The molecule has 1 amide bonds. The Hall–Kier alpha value is -1.32. The van der Waals surface area contributed by atoms with Crippen LogP contribution in [0.2, 0.25) is 0 Å². The number of benzene rings is 1. The normalized spacial score (nSPS) is 11.3. The molecule has 0 saturated carbocycles. The topological polar surface area (TPSA) is 42.0 Å². The maximum Gasteiger partial charge on any atom is 0.253 e. The minimum absolute atomic E-state index is 0.346. The molecule has 1 N–H and O–H groups in total. The van der Waals surface area contributed by atoms with E-state index in [9.17, 15) is 4.79 Å². The summed E-state index contributed by atoms with van der Waals surface area (Å²) in [5, 5.41) is 4.92. The van der Waals surface area contributed by atoms with E-state index in [0.717, 1.165) is 22.0 Å². The lowest BCUT2D eigenvalue weighted by Gasteiger charge is -2.12. The largest absolute Gasteiger partial charge is 0.350 e. The van der Waals surface area contributed by atoms with Gasteiger partial charge in [0.2, 0.25) is 0 Å². The molecule has 1 aromatic carbocycles. The summed E-state index contributed by atoms with van der Waals surface area (Å²) in [6.07, 6.45) is 1.80. The molecule has 0 saturated heterocycles. The second-order valence-electron chi connectivity index (χ2n) is 4.88. The van der Waals surface area contributed by atoms with Crippen LogP contribution >= 0.6 is 23.2 Å². The first-order valence-corrected chi connectivity index (χ1v) is 7.30. The highest BCUT2D eigenvalue weighted by molar-refractivity contribution is 6.53. The molecule has 0 spiro atoms. The molecule has 20 heavy (non-hydrogen) atoms. The summed E-state index contributed by atoms with van der Waals surface area (Å²) in [6.45, 7) is 4.62. The number of carbonyl (C=O) groups is 1. The second-order valence-corrected chi connectivity index (χ2v) is 5.98. The highest BCUT2D eigenvalue weighted by Crippen LogP contribution is 2.25. The number of aromatic nitrogens is 1. The standard InChI is InChI=1S/C15H16Cl2N2O/c1-9(2)13-12-5-3-4-10(11(12)6-7-18-13)8-19-15(20)14(16)17/h3-7,9,14H,8H2,1-2H3,(H,19,20). The van der Waals surface area contributed by atoms with E-state index in [-0.39, 0.29) is 5.91 Å². The number of fused-ring (bicyclic) bond motifs is 1. The lowest BCUT2D eigenvalue weighted by Crippen LogP contribution is -2.27. The summed E-state index contributed by atoms with van der Waals surface area (Å²) < 4.78 is 0. The van der Waals surface area contributed by atoms with Gasteiger partial charge in [-0.15, -0.1) is 0 Å². The van der Waals surface area contributed by atoms with E-state index in [4.69, 9.17) is 23.2 Å². The number of hydrogen-bond acceptors (Lipinski definition) is 2. The van der Waals surface area contributed by atoms with Gasteiger partial charge in [-0.25, -0.2) is 0 Å². The fourth-order valence-electron chi connectivity index (χ4n) is 2.17. The van der Waals surface area contributed by atoms with E-state index in [1.165, 1.54) is 0 Å². The molecule has 0 aliphatic heterocycles. The fraction of sp³-hybridized carbons (Fsp3) is 0.333. The van der Waals surface area contributed by atoms with Crippen molar-refractivity contribution < 1.29 is 4.79 Å². The summed E-state index contributed by atoms with van der Waals surface area (Å²) in [5.74, 6) is -0.0397. The van der Waals surface area contributed by atoms with E-state index < -0.39 is 4.84 Å². The van der Waals surface area contributed by atoms with Crippen LogP contribution in [0, 0.1) is 0 Å². The lowest BCUT2D eigenvalue weighted by atomic mass is 9.99. The van der Waals surface area contributed by atoms with E-state index in [0.29, 0.717) is 12.5 Å². The first-order valence-electron chi connectivity index (χ1n) is 6.43. The summed E-state index contributed by atoms with van der Waals surface area (Å²) in [4.78, 5) is 14.8. The van der Waals surface area contributed by atoms with Gasteiger partial charge < -0.3 is 5.32 Å². The molecular weight excluding hydrogens is 295 g/mol. The number of nitrogens with zero attached hydrogens (tertiary/aromatic N) is 1. The maximum absolute atomic E-state index is 11.4. The third-order valence-corrected chi connectivity index (χ3v) is 3.52. The van der Waals surface area contributed by atoms with Gasteiger partial charge in [-0.1, -0.05) is 55.2 Å². The molecule has 1 heterocycles. The zero-order chi connectivity index (χ0) is 14.7. The van der Waals surface area contributed by atoms with Crippen LogP contribution in [0.25, 0.3) is 10.8 Å². The monoisotopic (exact) mass is 310 g/mol. The quantitative estimate of drug-likeness (QED) is 0.873. The number of amides is 1. The Balaban J connectivity index is 2.35. The van der Waals surface area contributed by atoms with Gasteiger partial charge in [-0.2, -0.15) is 0 Å². The predicted molar refractivity (Wildman–Crippen MR) is 83.2 cm³/mol. The Morgan fingerprint density at radius 2 is 2.00 bits per heavy atom. The second kappa shape index (κ2) is 6.42. The molecule has 0 atom stereocenters. The number of rotatable bonds is 4. The summed E-state index contributed by atoms with van der Waals surface area (Å²) in [5.41, 5.74) is 2.08. The fourth-order valence-corrected chi connectivity index (χ4v) is 2.32. The van der Waals surface area contributed by atoms with E-state index >= 15 is 0 Å². The maximum atomic E-state index is 11.4. The van der Waals surface area contributed by atoms with Crippen LogP contribution in [0.15, 0.2) is 30.5 Å². The smallest absolute Gasteiger partial charge is 0.253 e. The van der Waals surface area contributed by atoms with E-state index in [1.807, 2.05) is 18.2 Å². The zero-order valence-electron chi connectivity index (χ0n) is 11.4. The van der Waals surface area contributed by atoms with Crippen LogP contribution in [-0.4, -0.2) is 15.7 Å². The van der Waals surface area contributed by atoms with Gasteiger partial charge in [-0.05, 0) is 22.9 Å². The molecule has 0 radical (unpaired) electrons. The van der Waals surface area contributed by atoms with E-state index in [2.05, 4.69) is 30.2 Å². The summed E-state index contributed by atoms with van der Waals surface area (Å²) >= 11 is 11.0. The molecule has 0 unspecified atom stereocenters. The van der Waals surface area contributed by atoms with Crippen LogP contribution in [-0.2, 0) is 11.3 Å². The van der Waals surface area contributed by atoms with Crippen molar-refractivity contribution in [3.05, 3.63) is 41.7 Å². The van der Waals surface area contributed by atoms with Crippen molar-refractivity contribution >= 4 is 39.9 Å². The average Bonchev–Trinajstić information content (AvgIpc) is 2.43. The van der Waals surface area contributed by atoms with Gasteiger partial charge in [0.25, 0.3) is 5.91 Å². The Morgan fingerprint density at radius 3 is 2.65 bits per heavy atom. The Labute approximate surface area is 128 Å². The van der Waals surface area contributed by atoms with Gasteiger partial charge in [-0.3, -0.25) is 9.78 Å². The zero-order valence-corrected chi connectivity index (χ0v) is 12.9. The van der Waals surface area contributed by atoms with Crippen molar-refractivity contribution in [1.82, 2.24) is 10.3 Å². The van der Waals surface area contributed by atoms with Gasteiger partial charge in [0, 0.05) is 18.1 Å². The van der Waals surface area contributed by atoms with Crippen LogP contribution in [0.4, 0.5) is 0 Å². The Bertz CT molecular complexity index is 626. The number of nitrogens with one attached hydrogen (secondary N) is 1. The molecule has 0 fully saturated rings. The van der Waals surface area contributed by atoms with Crippen molar-refractivity contribution in [3.63, 3.8) is 0 Å². The average molecular weight is 311 g/mol. The molecule has 2 rings (SSSR count). The third kappa shape index (κ3) is 3.22. The number of alkyl halides is 2. The highest BCUT2D eigenvalue weighted by atomic mass is 35.5. The first kappa shape index (κ1) is 15.1. The van der Waals surface area contributed by atoms with Crippen molar-refractivity contribution in [1.29, 1.82) is 0 Å². The van der Waals surface area contributed by atoms with Crippen molar-refractivity contribution in [2.45, 2.75) is 31.1 Å². The molecule has 0 aliphatic rings. The molecule has 0 bridgehead atoms. The number of halogens is 2. The predicted octanol–water partition coefficient (Wildman–Crippen LogP) is 3.78. The lowest BCUT2D eigenvalue weighted by molar-refractivity contribution is -0.119.